The van der Waals surface area contributed by atoms with Gasteiger partial charge in [0.25, 0.3) is 0 Å². The number of aryl methyl sites for hydroxylation is 1. The largest absolute Gasteiger partial charge is 0.369 e. The second kappa shape index (κ2) is 7.43. The molecule has 0 aromatic carbocycles. The van der Waals surface area contributed by atoms with Gasteiger partial charge in [-0.25, -0.2) is 0 Å². The van der Waals surface area contributed by atoms with Crippen LogP contribution in [0.2, 0.25) is 0 Å². The monoisotopic (exact) mass is 394 g/mol. The number of fused-ring (bicyclic) bond motifs is 1. The SMILES string of the molecule is CCC(=O)NC[C@H]1[C@H]2CN(C(=O)CSCc3nc(C)no3)C[C@]23CC[C@H]1O3. The number of amides is 2. The van der Waals surface area contributed by atoms with Crippen molar-refractivity contribution in [2.75, 3.05) is 25.4 Å². The number of nitrogens with one attached hydrogen (secondary N) is 1. The van der Waals surface area contributed by atoms with Gasteiger partial charge in [-0.05, 0) is 19.8 Å². The van der Waals surface area contributed by atoms with E-state index in [0.717, 1.165) is 19.4 Å². The van der Waals surface area contributed by atoms with Crippen molar-refractivity contribution in [3.05, 3.63) is 11.7 Å². The minimum absolute atomic E-state index is 0.0745. The van der Waals surface area contributed by atoms with Crippen molar-refractivity contribution in [1.29, 1.82) is 0 Å². The summed E-state index contributed by atoms with van der Waals surface area (Å²) in [7, 11) is 0. The summed E-state index contributed by atoms with van der Waals surface area (Å²) in [4.78, 5) is 30.4. The van der Waals surface area contributed by atoms with Crippen LogP contribution in [0.4, 0.5) is 0 Å². The van der Waals surface area contributed by atoms with E-state index in [1.165, 1.54) is 11.8 Å². The highest BCUT2D eigenvalue weighted by Crippen LogP contribution is 2.54. The smallest absolute Gasteiger partial charge is 0.236 e. The third-order valence-electron chi connectivity index (χ3n) is 6.01. The van der Waals surface area contributed by atoms with Gasteiger partial charge in [0.05, 0.1) is 29.8 Å². The third kappa shape index (κ3) is 3.59. The van der Waals surface area contributed by atoms with Gasteiger partial charge in [-0.2, -0.15) is 4.98 Å². The van der Waals surface area contributed by atoms with E-state index in [1.807, 2.05) is 11.8 Å². The van der Waals surface area contributed by atoms with Gasteiger partial charge in [0.1, 0.15) is 0 Å². The Balaban J connectivity index is 1.31. The lowest BCUT2D eigenvalue weighted by Crippen LogP contribution is -2.41. The fourth-order valence-corrected chi connectivity index (χ4v) is 5.48. The Bertz CT molecular complexity index is 726. The molecule has 3 aliphatic rings. The number of rotatable bonds is 7. The van der Waals surface area contributed by atoms with Crippen LogP contribution in [0.5, 0.6) is 0 Å². The molecule has 9 heteroatoms. The zero-order chi connectivity index (χ0) is 19.0. The second-order valence-corrected chi connectivity index (χ2v) is 8.68. The Morgan fingerprint density at radius 1 is 1.44 bits per heavy atom. The van der Waals surface area contributed by atoms with Gasteiger partial charge >= 0.3 is 0 Å². The highest BCUT2D eigenvalue weighted by Gasteiger charge is 2.63. The number of aromatic nitrogens is 2. The Labute approximate surface area is 162 Å². The van der Waals surface area contributed by atoms with Crippen molar-refractivity contribution in [2.24, 2.45) is 11.8 Å². The first-order chi connectivity index (χ1) is 13.0. The molecule has 0 saturated carbocycles. The molecular weight excluding hydrogens is 368 g/mol. The Morgan fingerprint density at radius 3 is 3.04 bits per heavy atom. The fraction of sp³-hybridized carbons (Fsp3) is 0.778. The molecule has 2 bridgehead atoms. The molecule has 1 aromatic rings. The lowest BCUT2D eigenvalue weighted by atomic mass is 9.73. The normalized spacial score (nSPS) is 31.3. The molecule has 27 heavy (non-hydrogen) atoms. The number of ether oxygens (including phenoxy) is 1. The summed E-state index contributed by atoms with van der Waals surface area (Å²) in [6.07, 6.45) is 2.75. The number of nitrogens with zero attached hydrogens (tertiary/aromatic N) is 3. The Kier molecular flexibility index (Phi) is 5.15. The van der Waals surface area contributed by atoms with Crippen LogP contribution in [0.15, 0.2) is 4.52 Å². The van der Waals surface area contributed by atoms with Gasteiger partial charge in [-0.1, -0.05) is 12.1 Å². The first kappa shape index (κ1) is 18.7. The lowest BCUT2D eigenvalue weighted by Gasteiger charge is -2.29. The van der Waals surface area contributed by atoms with E-state index >= 15 is 0 Å². The van der Waals surface area contributed by atoms with E-state index in [4.69, 9.17) is 9.26 Å². The fourth-order valence-electron chi connectivity index (χ4n) is 4.73. The minimum atomic E-state index is -0.198. The first-order valence-electron chi connectivity index (χ1n) is 9.60. The Hall–Kier alpha value is -1.61. The van der Waals surface area contributed by atoms with Gasteiger partial charge < -0.3 is 19.5 Å². The maximum Gasteiger partial charge on any atom is 0.236 e. The van der Waals surface area contributed by atoms with Crippen molar-refractivity contribution in [2.45, 2.75) is 50.6 Å². The molecule has 2 amide bonds. The summed E-state index contributed by atoms with van der Waals surface area (Å²) in [5.74, 6) is 2.92. The van der Waals surface area contributed by atoms with Gasteiger partial charge in [0, 0.05) is 31.3 Å². The standard InChI is InChI=1S/C18H26N4O4S/c1-3-15(23)19-6-12-13-7-22(10-18(13)5-4-14(12)25-18)17(24)9-27-8-16-20-11(2)21-26-16/h12-14H,3-10H2,1-2H3,(H,19,23)/t12-,13+,14+,18+/m0/s1. The topological polar surface area (TPSA) is 97.6 Å². The molecule has 4 heterocycles. The van der Waals surface area contributed by atoms with Crippen LogP contribution in [-0.2, 0) is 20.1 Å². The maximum absolute atomic E-state index is 12.7. The maximum atomic E-state index is 12.7. The van der Waals surface area contributed by atoms with E-state index in [0.29, 0.717) is 54.6 Å². The number of hydrogen-bond donors (Lipinski definition) is 1. The molecule has 3 fully saturated rings. The number of carbonyl (C=O) groups excluding carboxylic acids is 2. The predicted octanol–water partition coefficient (Wildman–Crippen LogP) is 1.14. The summed E-state index contributed by atoms with van der Waals surface area (Å²) >= 11 is 1.49. The molecule has 8 nitrogen and oxygen atoms in total. The van der Waals surface area contributed by atoms with Crippen LogP contribution in [0, 0.1) is 18.8 Å². The molecule has 148 valence electrons. The number of hydrogen-bond acceptors (Lipinski definition) is 7. The summed E-state index contributed by atoms with van der Waals surface area (Å²) in [5, 5.41) is 6.78. The van der Waals surface area contributed by atoms with Gasteiger partial charge in [-0.3, -0.25) is 9.59 Å². The van der Waals surface area contributed by atoms with Gasteiger partial charge in [0.15, 0.2) is 5.82 Å². The van der Waals surface area contributed by atoms with Gasteiger partial charge in [-0.15, -0.1) is 11.8 Å². The summed E-state index contributed by atoms with van der Waals surface area (Å²) in [5.41, 5.74) is -0.198. The average molecular weight is 394 g/mol. The third-order valence-corrected chi connectivity index (χ3v) is 6.92. The summed E-state index contributed by atoms with van der Waals surface area (Å²) < 4.78 is 11.4. The molecule has 4 atom stereocenters. The predicted molar refractivity (Wildman–Crippen MR) is 98.9 cm³/mol. The van der Waals surface area contributed by atoms with Crippen molar-refractivity contribution in [3.8, 4) is 0 Å². The number of carbonyl (C=O) groups is 2. The molecule has 3 saturated heterocycles. The van der Waals surface area contributed by atoms with Crippen molar-refractivity contribution in [1.82, 2.24) is 20.4 Å². The van der Waals surface area contributed by atoms with Gasteiger partial charge in [0.2, 0.25) is 17.7 Å². The minimum Gasteiger partial charge on any atom is -0.369 e. The highest BCUT2D eigenvalue weighted by atomic mass is 32.2. The summed E-state index contributed by atoms with van der Waals surface area (Å²) in [6, 6.07) is 0. The highest BCUT2D eigenvalue weighted by molar-refractivity contribution is 7.99. The first-order valence-corrected chi connectivity index (χ1v) is 10.8. The molecule has 0 radical (unpaired) electrons. The zero-order valence-electron chi connectivity index (χ0n) is 15.8. The van der Waals surface area contributed by atoms with Crippen LogP contribution >= 0.6 is 11.8 Å². The van der Waals surface area contributed by atoms with Crippen molar-refractivity contribution >= 4 is 23.6 Å². The second-order valence-electron chi connectivity index (χ2n) is 7.69. The van der Waals surface area contributed by atoms with Crippen LogP contribution < -0.4 is 5.32 Å². The van der Waals surface area contributed by atoms with Crippen molar-refractivity contribution in [3.63, 3.8) is 0 Å². The van der Waals surface area contributed by atoms with E-state index < -0.39 is 0 Å². The molecule has 1 aromatic heterocycles. The van der Waals surface area contributed by atoms with E-state index in [9.17, 15) is 9.59 Å². The molecule has 1 N–H and O–H groups in total. The quantitative estimate of drug-likeness (QED) is 0.741. The zero-order valence-corrected chi connectivity index (χ0v) is 16.6. The number of likely N-dealkylation sites (tertiary alicyclic amines) is 1. The summed E-state index contributed by atoms with van der Waals surface area (Å²) in [6.45, 7) is 5.68. The Morgan fingerprint density at radius 2 is 2.30 bits per heavy atom. The van der Waals surface area contributed by atoms with Crippen LogP contribution in [-0.4, -0.2) is 63.9 Å². The van der Waals surface area contributed by atoms with E-state index in [2.05, 4.69) is 15.5 Å². The molecular formula is C18H26N4O4S. The van der Waals surface area contributed by atoms with Crippen molar-refractivity contribution < 1.29 is 18.8 Å². The molecule has 4 rings (SSSR count). The lowest BCUT2D eigenvalue weighted by molar-refractivity contribution is -0.129. The molecule has 3 aliphatic heterocycles. The van der Waals surface area contributed by atoms with Crippen LogP contribution in [0.3, 0.4) is 0 Å². The van der Waals surface area contributed by atoms with Crippen LogP contribution in [0.25, 0.3) is 0 Å². The molecule has 0 unspecified atom stereocenters. The average Bonchev–Trinajstić information content (AvgIpc) is 3.40. The number of thioether (sulfide) groups is 1. The van der Waals surface area contributed by atoms with E-state index in [1.54, 1.807) is 6.92 Å². The molecule has 1 spiro atoms. The molecule has 0 aliphatic carbocycles. The van der Waals surface area contributed by atoms with E-state index in [-0.39, 0.29) is 23.5 Å². The van der Waals surface area contributed by atoms with Crippen LogP contribution in [0.1, 0.15) is 37.9 Å².